The third kappa shape index (κ3) is 4.26. The number of pyridine rings is 1. The maximum Gasteiger partial charge on any atom is 0.128 e. The monoisotopic (exact) mass is 299 g/mol. The van der Waals surface area contributed by atoms with Crippen LogP contribution in [0.2, 0.25) is 5.02 Å². The van der Waals surface area contributed by atoms with Crippen LogP contribution in [0, 0.1) is 0 Å². The fourth-order valence-electron chi connectivity index (χ4n) is 2.12. The molecule has 1 fully saturated rings. The van der Waals surface area contributed by atoms with Gasteiger partial charge in [-0.2, -0.15) is 11.8 Å². The summed E-state index contributed by atoms with van der Waals surface area (Å²) in [4.78, 5) is 6.84. The first-order chi connectivity index (χ1) is 9.06. The van der Waals surface area contributed by atoms with Gasteiger partial charge in [0.05, 0.1) is 5.02 Å². The summed E-state index contributed by atoms with van der Waals surface area (Å²) in [5.41, 5.74) is 1.13. The van der Waals surface area contributed by atoms with Crippen molar-refractivity contribution >= 4 is 29.2 Å². The van der Waals surface area contributed by atoms with E-state index in [0.717, 1.165) is 36.0 Å². The number of nitrogens with one attached hydrogen (secondary N) is 1. The first kappa shape index (κ1) is 14.9. The van der Waals surface area contributed by atoms with E-state index in [1.54, 1.807) is 6.20 Å². The minimum Gasteiger partial charge on any atom is -0.355 e. The zero-order chi connectivity index (χ0) is 13.8. The molecule has 19 heavy (non-hydrogen) atoms. The third-order valence-electron chi connectivity index (χ3n) is 3.19. The average Bonchev–Trinajstić information content (AvgIpc) is 2.37. The number of halogens is 1. The van der Waals surface area contributed by atoms with Gasteiger partial charge in [-0.15, -0.1) is 0 Å². The van der Waals surface area contributed by atoms with E-state index in [9.17, 15) is 0 Å². The molecule has 1 aromatic heterocycles. The first-order valence-corrected chi connectivity index (χ1v) is 8.23. The van der Waals surface area contributed by atoms with Crippen LogP contribution in [0.3, 0.4) is 0 Å². The molecule has 3 nitrogen and oxygen atoms in total. The number of nitrogens with zero attached hydrogens (tertiary/aromatic N) is 2. The number of thioether (sulfide) groups is 1. The fourth-order valence-corrected chi connectivity index (χ4v) is 3.30. The van der Waals surface area contributed by atoms with Gasteiger partial charge >= 0.3 is 0 Å². The average molecular weight is 300 g/mol. The van der Waals surface area contributed by atoms with Crippen LogP contribution in [0.1, 0.15) is 26.3 Å². The molecule has 2 rings (SSSR count). The Balaban J connectivity index is 2.10. The molecule has 1 aliphatic rings. The highest BCUT2D eigenvalue weighted by Crippen LogP contribution is 2.25. The van der Waals surface area contributed by atoms with Crippen LogP contribution < -0.4 is 10.2 Å². The largest absolute Gasteiger partial charge is 0.355 e. The molecule has 0 amide bonds. The Morgan fingerprint density at radius 1 is 1.58 bits per heavy atom. The molecule has 1 aromatic rings. The van der Waals surface area contributed by atoms with E-state index in [-0.39, 0.29) is 0 Å². The van der Waals surface area contributed by atoms with Crippen LogP contribution in [0.5, 0.6) is 0 Å². The lowest BCUT2D eigenvalue weighted by Crippen LogP contribution is -2.37. The van der Waals surface area contributed by atoms with E-state index in [2.05, 4.69) is 42.0 Å². The van der Waals surface area contributed by atoms with Gasteiger partial charge in [0.15, 0.2) is 0 Å². The topological polar surface area (TPSA) is 28.2 Å². The van der Waals surface area contributed by atoms with Gasteiger partial charge in [-0.25, -0.2) is 4.98 Å². The van der Waals surface area contributed by atoms with Crippen molar-refractivity contribution in [3.63, 3.8) is 0 Å². The summed E-state index contributed by atoms with van der Waals surface area (Å²) in [5, 5.41) is 4.82. The molecule has 0 spiro atoms. The molecule has 0 radical (unpaired) electrons. The van der Waals surface area contributed by atoms with Crippen molar-refractivity contribution in [3.05, 3.63) is 22.8 Å². The molecule has 1 saturated heterocycles. The zero-order valence-electron chi connectivity index (χ0n) is 11.8. The summed E-state index contributed by atoms with van der Waals surface area (Å²) in [6.07, 6.45) is 1.78. The molecule has 106 valence electrons. The van der Waals surface area contributed by atoms with Crippen LogP contribution in [-0.2, 0) is 6.54 Å². The Hall–Kier alpha value is -0.450. The second-order valence-electron chi connectivity index (χ2n) is 5.30. The summed E-state index contributed by atoms with van der Waals surface area (Å²) >= 11 is 8.25. The normalized spacial score (nSPS) is 20.1. The quantitative estimate of drug-likeness (QED) is 0.924. The minimum atomic E-state index is 0.457. The second-order valence-corrected chi connectivity index (χ2v) is 7.25. The van der Waals surface area contributed by atoms with E-state index in [0.29, 0.717) is 11.3 Å². The van der Waals surface area contributed by atoms with Crippen LogP contribution in [0.4, 0.5) is 5.82 Å². The molecule has 5 heteroatoms. The van der Waals surface area contributed by atoms with Gasteiger partial charge in [-0.3, -0.25) is 0 Å². The van der Waals surface area contributed by atoms with E-state index in [1.165, 1.54) is 5.75 Å². The molecule has 0 saturated carbocycles. The third-order valence-corrected chi connectivity index (χ3v) is 4.66. The summed E-state index contributed by atoms with van der Waals surface area (Å²) in [6, 6.07) is 2.58. The van der Waals surface area contributed by atoms with Crippen molar-refractivity contribution in [2.75, 3.05) is 23.7 Å². The van der Waals surface area contributed by atoms with Crippen molar-refractivity contribution in [1.29, 1.82) is 0 Å². The number of aromatic nitrogens is 1. The molecule has 2 heterocycles. The summed E-state index contributed by atoms with van der Waals surface area (Å²) in [5.74, 6) is 2.22. The van der Waals surface area contributed by atoms with Crippen LogP contribution >= 0.6 is 23.4 Å². The molecular formula is C14H22ClN3S. The van der Waals surface area contributed by atoms with Gasteiger partial charge in [-0.05, 0) is 11.6 Å². The molecule has 1 aliphatic heterocycles. The predicted octanol–water partition coefficient (Wildman–Crippen LogP) is 3.17. The Kier molecular flexibility index (Phi) is 5.37. The zero-order valence-corrected chi connectivity index (χ0v) is 13.4. The standard InChI is InChI=1S/C14H22ClN3S/c1-10(2)16-7-12-6-14(17-8-13(12)15)18-4-5-19-11(3)9-18/h6,8,10-11,16H,4-5,7,9H2,1-3H3. The van der Waals surface area contributed by atoms with E-state index >= 15 is 0 Å². The van der Waals surface area contributed by atoms with Gasteiger partial charge < -0.3 is 10.2 Å². The predicted molar refractivity (Wildman–Crippen MR) is 85.4 cm³/mol. The lowest BCUT2D eigenvalue weighted by atomic mass is 10.2. The molecule has 1 atom stereocenters. The molecule has 0 aromatic carbocycles. The Labute approximate surface area is 125 Å². The molecule has 1 N–H and O–H groups in total. The lowest BCUT2D eigenvalue weighted by Gasteiger charge is -2.31. The molecular weight excluding hydrogens is 278 g/mol. The maximum atomic E-state index is 6.22. The van der Waals surface area contributed by atoms with Crippen molar-refractivity contribution in [2.45, 2.75) is 38.6 Å². The highest BCUT2D eigenvalue weighted by molar-refractivity contribution is 8.00. The number of hydrogen-bond acceptors (Lipinski definition) is 4. The van der Waals surface area contributed by atoms with Crippen LogP contribution in [0.15, 0.2) is 12.3 Å². The maximum absolute atomic E-state index is 6.22. The lowest BCUT2D eigenvalue weighted by molar-refractivity contribution is 0.588. The first-order valence-electron chi connectivity index (χ1n) is 6.80. The van der Waals surface area contributed by atoms with Gasteiger partial charge in [-0.1, -0.05) is 32.4 Å². The number of hydrogen-bond donors (Lipinski definition) is 1. The minimum absolute atomic E-state index is 0.457. The molecule has 1 unspecified atom stereocenters. The highest BCUT2D eigenvalue weighted by atomic mass is 35.5. The number of anilines is 1. The summed E-state index contributed by atoms with van der Waals surface area (Å²) in [7, 11) is 0. The Bertz CT molecular complexity index is 425. The molecule has 0 aliphatic carbocycles. The highest BCUT2D eigenvalue weighted by Gasteiger charge is 2.18. The SMILES string of the molecule is CC(C)NCc1cc(N2CCSC(C)C2)ncc1Cl. The van der Waals surface area contributed by atoms with Crippen LogP contribution in [-0.4, -0.2) is 35.1 Å². The van der Waals surface area contributed by atoms with Gasteiger partial charge in [0, 0.05) is 42.9 Å². The van der Waals surface area contributed by atoms with Gasteiger partial charge in [0.1, 0.15) is 5.82 Å². The van der Waals surface area contributed by atoms with E-state index < -0.39 is 0 Å². The van der Waals surface area contributed by atoms with Crippen molar-refractivity contribution in [2.24, 2.45) is 0 Å². The van der Waals surface area contributed by atoms with E-state index in [1.807, 2.05) is 11.8 Å². The van der Waals surface area contributed by atoms with Crippen molar-refractivity contribution in [1.82, 2.24) is 10.3 Å². The number of rotatable bonds is 4. The van der Waals surface area contributed by atoms with Gasteiger partial charge in [0.2, 0.25) is 0 Å². The second kappa shape index (κ2) is 6.82. The van der Waals surface area contributed by atoms with Gasteiger partial charge in [0.25, 0.3) is 0 Å². The summed E-state index contributed by atoms with van der Waals surface area (Å²) < 4.78 is 0. The Morgan fingerprint density at radius 2 is 2.37 bits per heavy atom. The molecule has 0 bridgehead atoms. The fraction of sp³-hybridized carbons (Fsp3) is 0.643. The summed E-state index contributed by atoms with van der Waals surface area (Å²) in [6.45, 7) is 9.48. The Morgan fingerprint density at radius 3 is 3.05 bits per heavy atom. The van der Waals surface area contributed by atoms with Crippen molar-refractivity contribution < 1.29 is 0 Å². The van der Waals surface area contributed by atoms with Crippen LogP contribution in [0.25, 0.3) is 0 Å². The van der Waals surface area contributed by atoms with Crippen molar-refractivity contribution in [3.8, 4) is 0 Å². The smallest absolute Gasteiger partial charge is 0.128 e. The van der Waals surface area contributed by atoms with E-state index in [4.69, 9.17) is 11.6 Å².